The second kappa shape index (κ2) is 1960. The van der Waals surface area contributed by atoms with Gasteiger partial charge in [0, 0.05) is 17.4 Å². The van der Waals surface area contributed by atoms with Gasteiger partial charge in [-0.1, -0.05) is 0 Å². The maximum Gasteiger partial charge on any atom is 0.281 e. The molecule has 0 rings (SSSR count). The predicted molar refractivity (Wildman–Crippen MR) is 17.1 cm³/mol. The average molecular weight is 83.0 g/mol. The van der Waals surface area contributed by atoms with Crippen molar-refractivity contribution in [2.75, 3.05) is 0 Å². The smallest absolute Gasteiger partial charge is 0.281 e. The topological polar surface area (TPSA) is 34.1 Å². The van der Waals surface area contributed by atoms with E-state index >= 15 is 0 Å². The summed E-state index contributed by atoms with van der Waals surface area (Å²) >= 11 is 0. The zero-order valence-electron chi connectivity index (χ0n) is 2.39. The fourth-order valence-electron chi connectivity index (χ4n) is 0. The summed E-state index contributed by atoms with van der Waals surface area (Å²) in [4.78, 5) is 15.0. The molecule has 0 aliphatic heterocycles. The SMILES string of the molecule is [Al].[C]=O.[C]=O. The molecule has 0 unspecified atom stereocenters. The first kappa shape index (κ1) is 20.8. The van der Waals surface area contributed by atoms with Crippen molar-refractivity contribution in [3.8, 4) is 0 Å². The summed E-state index contributed by atoms with van der Waals surface area (Å²) < 4.78 is 0. The van der Waals surface area contributed by atoms with Crippen molar-refractivity contribution in [3.63, 3.8) is 0 Å². The number of hydrogen-bond donors (Lipinski definition) is 0. The molecule has 2 nitrogen and oxygen atoms in total. The molecule has 0 N–H and O–H groups in total. The van der Waals surface area contributed by atoms with Gasteiger partial charge in [-0.2, -0.15) is 0 Å². The van der Waals surface area contributed by atoms with Crippen LogP contribution >= 0.6 is 0 Å². The average Bonchev–Trinajstić information content (AvgIpc) is 1.50. The van der Waals surface area contributed by atoms with Crippen molar-refractivity contribution >= 4 is 30.9 Å². The van der Waals surface area contributed by atoms with Gasteiger partial charge in [-0.3, -0.25) is 9.59 Å². The summed E-state index contributed by atoms with van der Waals surface area (Å²) in [5, 5.41) is 0. The van der Waals surface area contributed by atoms with E-state index in [-0.39, 0.29) is 17.4 Å². The van der Waals surface area contributed by atoms with E-state index in [9.17, 15) is 0 Å². The van der Waals surface area contributed by atoms with Gasteiger partial charge in [0.05, 0.1) is 0 Å². The molecule has 0 aromatic heterocycles. The second-order valence-corrected chi connectivity index (χ2v) is 0. The molecule has 7 radical (unpaired) electrons. The summed E-state index contributed by atoms with van der Waals surface area (Å²) in [5.41, 5.74) is 0. The van der Waals surface area contributed by atoms with Crippen LogP contribution in [0.3, 0.4) is 0 Å². The second-order valence-electron chi connectivity index (χ2n) is 0. The fourth-order valence-corrected chi connectivity index (χ4v) is 0. The third kappa shape index (κ3) is 835. The molecular weight excluding hydrogens is 83.0 g/mol. The molecule has 0 aromatic rings. The van der Waals surface area contributed by atoms with Crippen molar-refractivity contribution in [1.82, 2.24) is 0 Å². The van der Waals surface area contributed by atoms with E-state index in [2.05, 4.69) is 13.6 Å². The van der Waals surface area contributed by atoms with Gasteiger partial charge in [-0.25, -0.2) is 0 Å². The molecule has 0 aliphatic carbocycles. The molecule has 0 spiro atoms. The van der Waals surface area contributed by atoms with E-state index in [0.29, 0.717) is 0 Å². The van der Waals surface area contributed by atoms with Crippen molar-refractivity contribution in [2.24, 2.45) is 0 Å². The van der Waals surface area contributed by atoms with Crippen LogP contribution in [-0.4, -0.2) is 30.9 Å². The van der Waals surface area contributed by atoms with Crippen LogP contribution in [0.5, 0.6) is 0 Å². The monoisotopic (exact) mass is 83.0 g/mol. The molecule has 0 heterocycles. The van der Waals surface area contributed by atoms with E-state index in [4.69, 9.17) is 9.59 Å². The van der Waals surface area contributed by atoms with Gasteiger partial charge in [0.1, 0.15) is 0 Å². The first-order valence-electron chi connectivity index (χ1n) is 0.408. The quantitative estimate of drug-likeness (QED) is 0.345. The number of hydrogen-bond acceptors (Lipinski definition) is 2. The van der Waals surface area contributed by atoms with E-state index in [0.717, 1.165) is 0 Å². The summed E-state index contributed by atoms with van der Waals surface area (Å²) in [6.45, 7) is 9.00. The Kier molecular flexibility index (Phi) is 8190. The number of rotatable bonds is 0. The van der Waals surface area contributed by atoms with E-state index < -0.39 is 0 Å². The molecule has 0 aromatic carbocycles. The van der Waals surface area contributed by atoms with Crippen LogP contribution in [0.25, 0.3) is 0 Å². The van der Waals surface area contributed by atoms with Crippen molar-refractivity contribution < 1.29 is 9.59 Å². The van der Waals surface area contributed by atoms with Crippen LogP contribution < -0.4 is 0 Å². The molecule has 0 saturated heterocycles. The maximum atomic E-state index is 7.50. The van der Waals surface area contributed by atoms with Crippen molar-refractivity contribution in [1.29, 1.82) is 0 Å². The minimum atomic E-state index is 0. The molecular formula is C2AlO2. The highest BCUT2D eigenvalue weighted by Crippen LogP contribution is 0.515. The molecule has 5 heavy (non-hydrogen) atoms. The van der Waals surface area contributed by atoms with Gasteiger partial charge >= 0.3 is 0 Å². The molecule has 0 amide bonds. The number of carbonyl (C=O) groups excluding carboxylic acids is 2. The van der Waals surface area contributed by atoms with Crippen molar-refractivity contribution in [2.45, 2.75) is 0 Å². The van der Waals surface area contributed by atoms with Crippen LogP contribution in [-0.2, 0) is 9.59 Å². The standard InChI is InChI=1S/2CO.Al/c2*1-2;. The lowest BCUT2D eigenvalue weighted by atomic mass is 11.9. The van der Waals surface area contributed by atoms with Gasteiger partial charge in [-0.15, -0.1) is 0 Å². The van der Waals surface area contributed by atoms with Crippen LogP contribution in [0.4, 0.5) is 0 Å². The molecule has 0 aliphatic rings. The molecule has 23 valence electrons. The highest BCUT2D eigenvalue weighted by molar-refractivity contribution is 5.75. The molecule has 0 saturated carbocycles. The lowest BCUT2D eigenvalue weighted by Gasteiger charge is -0.761. The lowest BCUT2D eigenvalue weighted by Crippen LogP contribution is -0.910. The summed E-state index contributed by atoms with van der Waals surface area (Å²) in [7, 11) is 0. The van der Waals surface area contributed by atoms with Gasteiger partial charge in [0.2, 0.25) is 0 Å². The minimum absolute atomic E-state index is 0. The normalized spacial score (nSPS) is 1.60. The molecule has 0 fully saturated rings. The van der Waals surface area contributed by atoms with E-state index in [1.807, 2.05) is 0 Å². The van der Waals surface area contributed by atoms with Gasteiger partial charge < -0.3 is 0 Å². The predicted octanol–water partition coefficient (Wildman–Crippen LogP) is -1.18. The summed E-state index contributed by atoms with van der Waals surface area (Å²) in [6.07, 6.45) is 0. The Morgan fingerprint density at radius 3 is 0.800 bits per heavy atom. The third-order valence-corrected chi connectivity index (χ3v) is 0. The maximum absolute atomic E-state index is 7.50. The Hall–Kier alpha value is -0.128. The van der Waals surface area contributed by atoms with Gasteiger partial charge in [0.15, 0.2) is 0 Å². The third-order valence-electron chi connectivity index (χ3n) is 0. The van der Waals surface area contributed by atoms with Crippen LogP contribution in [0.1, 0.15) is 0 Å². The zero-order valence-corrected chi connectivity index (χ0v) is 3.55. The molecule has 0 bridgehead atoms. The minimum Gasteiger partial charge on any atom is -0.281 e. The first-order chi connectivity index (χ1) is 2.00. The Bertz CT molecular complexity index is 9.61. The zero-order chi connectivity index (χ0) is 4.00. The molecule has 0 atom stereocenters. The van der Waals surface area contributed by atoms with Crippen molar-refractivity contribution in [3.05, 3.63) is 0 Å². The van der Waals surface area contributed by atoms with Crippen LogP contribution in [0, 0.1) is 0 Å². The Morgan fingerprint density at radius 1 is 0.800 bits per heavy atom. The Labute approximate surface area is 41.3 Å². The summed E-state index contributed by atoms with van der Waals surface area (Å²) in [6, 6.07) is 0. The van der Waals surface area contributed by atoms with E-state index in [1.54, 1.807) is 0 Å². The Morgan fingerprint density at radius 2 is 0.800 bits per heavy atom. The Balaban J connectivity index is -0.0000000133. The van der Waals surface area contributed by atoms with Gasteiger partial charge in [0.25, 0.3) is 13.6 Å². The lowest BCUT2D eigenvalue weighted by molar-refractivity contribution is 0.573. The van der Waals surface area contributed by atoms with Gasteiger partial charge in [-0.05, 0) is 0 Å². The van der Waals surface area contributed by atoms with Crippen LogP contribution in [0.15, 0.2) is 0 Å². The van der Waals surface area contributed by atoms with Crippen LogP contribution in [0.2, 0.25) is 0 Å². The highest BCUT2D eigenvalue weighted by atomic mass is 27.0. The first-order valence-corrected chi connectivity index (χ1v) is 0.408. The molecule has 3 heteroatoms. The fraction of sp³-hybridized carbons (Fsp3) is 0. The summed E-state index contributed by atoms with van der Waals surface area (Å²) in [5.74, 6) is 0. The highest BCUT2D eigenvalue weighted by Gasteiger charge is 0.763. The van der Waals surface area contributed by atoms with E-state index in [1.165, 1.54) is 0 Å². The largest absolute Gasteiger partial charge is 0.281 e.